The van der Waals surface area contributed by atoms with E-state index < -0.39 is 0 Å². The Kier molecular flexibility index (Phi) is 4.12. The maximum absolute atomic E-state index is 8.41. The SMILES string of the molecule is C=CCSc1ccccc1/C=N/O. The van der Waals surface area contributed by atoms with E-state index in [4.69, 9.17) is 5.21 Å². The van der Waals surface area contributed by atoms with Gasteiger partial charge < -0.3 is 5.21 Å². The molecule has 0 atom stereocenters. The molecule has 3 heteroatoms. The van der Waals surface area contributed by atoms with Crippen LogP contribution >= 0.6 is 11.8 Å². The molecule has 0 aliphatic heterocycles. The van der Waals surface area contributed by atoms with Crippen LogP contribution in [-0.4, -0.2) is 17.2 Å². The zero-order valence-electron chi connectivity index (χ0n) is 7.18. The van der Waals surface area contributed by atoms with E-state index in [1.165, 1.54) is 6.21 Å². The smallest absolute Gasteiger partial charge is 0.0745 e. The van der Waals surface area contributed by atoms with Crippen molar-refractivity contribution in [2.45, 2.75) is 4.90 Å². The van der Waals surface area contributed by atoms with Crippen molar-refractivity contribution in [2.24, 2.45) is 5.16 Å². The Balaban J connectivity index is 2.83. The van der Waals surface area contributed by atoms with Crippen LogP contribution in [0.2, 0.25) is 0 Å². The molecule has 68 valence electrons. The molecule has 0 amide bonds. The molecule has 13 heavy (non-hydrogen) atoms. The molecule has 1 N–H and O–H groups in total. The van der Waals surface area contributed by atoms with E-state index in [0.29, 0.717) is 0 Å². The maximum atomic E-state index is 8.41. The topological polar surface area (TPSA) is 32.6 Å². The fraction of sp³-hybridized carbons (Fsp3) is 0.100. The fourth-order valence-electron chi connectivity index (χ4n) is 0.930. The van der Waals surface area contributed by atoms with E-state index in [-0.39, 0.29) is 0 Å². The van der Waals surface area contributed by atoms with Crippen LogP contribution in [0.3, 0.4) is 0 Å². The first kappa shape index (κ1) is 9.86. The number of nitrogens with zero attached hydrogens (tertiary/aromatic N) is 1. The van der Waals surface area contributed by atoms with E-state index in [9.17, 15) is 0 Å². The summed E-state index contributed by atoms with van der Waals surface area (Å²) in [4.78, 5) is 1.10. The lowest BCUT2D eigenvalue weighted by molar-refractivity contribution is 0.322. The van der Waals surface area contributed by atoms with Crippen molar-refractivity contribution in [3.8, 4) is 0 Å². The number of benzene rings is 1. The molecule has 1 aromatic carbocycles. The van der Waals surface area contributed by atoms with Gasteiger partial charge in [0.25, 0.3) is 0 Å². The van der Waals surface area contributed by atoms with Gasteiger partial charge in [-0.25, -0.2) is 0 Å². The van der Waals surface area contributed by atoms with Crippen molar-refractivity contribution in [3.63, 3.8) is 0 Å². The highest BCUT2D eigenvalue weighted by Crippen LogP contribution is 2.20. The lowest BCUT2D eigenvalue weighted by Gasteiger charge is -2.01. The van der Waals surface area contributed by atoms with Gasteiger partial charge in [-0.3, -0.25) is 0 Å². The Bertz CT molecular complexity index is 310. The molecule has 0 heterocycles. The van der Waals surface area contributed by atoms with E-state index in [2.05, 4.69) is 11.7 Å². The van der Waals surface area contributed by atoms with Crippen molar-refractivity contribution in [3.05, 3.63) is 42.5 Å². The minimum atomic E-state index is 0.857. The first-order valence-corrected chi connectivity index (χ1v) is 4.87. The lowest BCUT2D eigenvalue weighted by atomic mass is 10.2. The predicted molar refractivity (Wildman–Crippen MR) is 56.7 cm³/mol. The van der Waals surface area contributed by atoms with Gasteiger partial charge in [-0.1, -0.05) is 29.4 Å². The molecule has 0 saturated carbocycles. The summed E-state index contributed by atoms with van der Waals surface area (Å²) in [7, 11) is 0. The van der Waals surface area contributed by atoms with E-state index in [1.807, 2.05) is 30.3 Å². The van der Waals surface area contributed by atoms with Crippen LogP contribution in [0.1, 0.15) is 5.56 Å². The van der Waals surface area contributed by atoms with Gasteiger partial charge in [0.15, 0.2) is 0 Å². The van der Waals surface area contributed by atoms with Gasteiger partial charge in [-0.2, -0.15) is 0 Å². The summed E-state index contributed by atoms with van der Waals surface area (Å²) in [6.07, 6.45) is 3.28. The molecule has 0 fully saturated rings. The third-order valence-electron chi connectivity index (χ3n) is 1.47. The van der Waals surface area contributed by atoms with Gasteiger partial charge in [0.2, 0.25) is 0 Å². The summed E-state index contributed by atoms with van der Waals surface area (Å²) >= 11 is 1.67. The molecule has 0 aliphatic carbocycles. The van der Waals surface area contributed by atoms with Gasteiger partial charge in [-0.05, 0) is 6.07 Å². The normalized spacial score (nSPS) is 10.5. The molecular formula is C10H11NOS. The molecule has 0 radical (unpaired) electrons. The van der Waals surface area contributed by atoms with Crippen LogP contribution in [0.5, 0.6) is 0 Å². The van der Waals surface area contributed by atoms with Crippen molar-refractivity contribution >= 4 is 18.0 Å². The predicted octanol–water partition coefficient (Wildman–Crippen LogP) is 2.77. The third kappa shape index (κ3) is 2.95. The highest BCUT2D eigenvalue weighted by Gasteiger charge is 1.97. The first-order valence-electron chi connectivity index (χ1n) is 3.88. The Labute approximate surface area is 82.0 Å². The van der Waals surface area contributed by atoms with Gasteiger partial charge in [-0.15, -0.1) is 18.3 Å². The van der Waals surface area contributed by atoms with E-state index in [1.54, 1.807) is 11.8 Å². The largest absolute Gasteiger partial charge is 0.411 e. The maximum Gasteiger partial charge on any atom is 0.0745 e. The van der Waals surface area contributed by atoms with Gasteiger partial charge >= 0.3 is 0 Å². The number of rotatable bonds is 4. The summed E-state index contributed by atoms with van der Waals surface area (Å²) in [6, 6.07) is 7.77. The number of thioether (sulfide) groups is 1. The van der Waals surface area contributed by atoms with Crippen molar-refractivity contribution in [2.75, 3.05) is 5.75 Å². The molecule has 0 aliphatic rings. The molecule has 0 spiro atoms. The second kappa shape index (κ2) is 5.43. The van der Waals surface area contributed by atoms with Gasteiger partial charge in [0, 0.05) is 16.2 Å². The van der Waals surface area contributed by atoms with E-state index >= 15 is 0 Å². The molecule has 0 saturated heterocycles. The average Bonchev–Trinajstić information content (AvgIpc) is 2.17. The Morgan fingerprint density at radius 1 is 1.46 bits per heavy atom. The molecule has 2 nitrogen and oxygen atoms in total. The van der Waals surface area contributed by atoms with E-state index in [0.717, 1.165) is 16.2 Å². The second-order valence-electron chi connectivity index (χ2n) is 2.38. The van der Waals surface area contributed by atoms with Crippen LogP contribution in [0.15, 0.2) is 47.0 Å². The summed E-state index contributed by atoms with van der Waals surface area (Å²) in [5.41, 5.74) is 0.928. The minimum absolute atomic E-state index is 0.857. The summed E-state index contributed by atoms with van der Waals surface area (Å²) in [6.45, 7) is 3.65. The third-order valence-corrected chi connectivity index (χ3v) is 2.56. The first-order chi connectivity index (χ1) is 6.38. The summed E-state index contributed by atoms with van der Waals surface area (Å²) in [5.74, 6) is 0.857. The summed E-state index contributed by atoms with van der Waals surface area (Å²) < 4.78 is 0. The van der Waals surface area contributed by atoms with Crippen molar-refractivity contribution in [1.29, 1.82) is 0 Å². The zero-order chi connectivity index (χ0) is 9.52. The minimum Gasteiger partial charge on any atom is -0.411 e. The van der Waals surface area contributed by atoms with Crippen LogP contribution in [0.4, 0.5) is 0 Å². The van der Waals surface area contributed by atoms with Gasteiger partial charge in [0.1, 0.15) is 0 Å². The van der Waals surface area contributed by atoms with Crippen LogP contribution in [0, 0.1) is 0 Å². The Morgan fingerprint density at radius 2 is 2.23 bits per heavy atom. The summed E-state index contributed by atoms with van der Waals surface area (Å²) in [5, 5.41) is 11.4. The second-order valence-corrected chi connectivity index (χ2v) is 3.44. The van der Waals surface area contributed by atoms with Crippen LogP contribution < -0.4 is 0 Å². The number of oxime groups is 1. The Morgan fingerprint density at radius 3 is 2.92 bits per heavy atom. The van der Waals surface area contributed by atoms with Crippen molar-refractivity contribution < 1.29 is 5.21 Å². The fourth-order valence-corrected chi connectivity index (χ4v) is 1.69. The zero-order valence-corrected chi connectivity index (χ0v) is 8.00. The quantitative estimate of drug-likeness (QED) is 0.262. The Hall–Kier alpha value is -1.22. The molecule has 0 bridgehead atoms. The lowest BCUT2D eigenvalue weighted by Crippen LogP contribution is -1.85. The number of hydrogen-bond donors (Lipinski definition) is 1. The van der Waals surface area contributed by atoms with Crippen LogP contribution in [0.25, 0.3) is 0 Å². The highest BCUT2D eigenvalue weighted by atomic mass is 32.2. The average molecular weight is 193 g/mol. The van der Waals surface area contributed by atoms with Crippen molar-refractivity contribution in [1.82, 2.24) is 0 Å². The van der Waals surface area contributed by atoms with Crippen LogP contribution in [-0.2, 0) is 0 Å². The van der Waals surface area contributed by atoms with Gasteiger partial charge in [0.05, 0.1) is 6.21 Å². The molecule has 0 aromatic heterocycles. The monoisotopic (exact) mass is 193 g/mol. The highest BCUT2D eigenvalue weighted by molar-refractivity contribution is 7.99. The molecule has 0 unspecified atom stereocenters. The standard InChI is InChI=1S/C10H11NOS/c1-2-7-13-10-6-4-3-5-9(10)8-11-12/h2-6,8,12H,1,7H2/b11-8+. The number of hydrogen-bond acceptors (Lipinski definition) is 3. The molecular weight excluding hydrogens is 182 g/mol. The molecule has 1 aromatic rings. The molecule has 1 rings (SSSR count).